The van der Waals surface area contributed by atoms with Gasteiger partial charge in [-0.1, -0.05) is 24.3 Å². The maximum Gasteiger partial charge on any atom is 0.229 e. The number of likely N-dealkylation sites (tertiary alicyclic amines) is 1. The fraction of sp³-hybridized carbons (Fsp3) is 0.333. The van der Waals surface area contributed by atoms with Gasteiger partial charge in [-0.3, -0.25) is 9.59 Å². The van der Waals surface area contributed by atoms with Crippen molar-refractivity contribution in [3.05, 3.63) is 54.1 Å². The summed E-state index contributed by atoms with van der Waals surface area (Å²) in [5.41, 5.74) is 1.72. The Labute approximate surface area is 159 Å². The Morgan fingerprint density at radius 1 is 1.15 bits per heavy atom. The molecule has 1 unspecified atom stereocenters. The first-order valence-electron chi connectivity index (χ1n) is 8.95. The number of anilines is 1. The number of hydrogen-bond acceptors (Lipinski definition) is 4. The molecule has 1 fully saturated rings. The van der Waals surface area contributed by atoms with Crippen molar-refractivity contribution in [1.82, 2.24) is 4.90 Å². The van der Waals surface area contributed by atoms with Gasteiger partial charge in [-0.2, -0.15) is 0 Å². The van der Waals surface area contributed by atoms with Gasteiger partial charge in [-0.25, -0.2) is 0 Å². The monoisotopic (exact) mass is 368 g/mol. The molecule has 142 valence electrons. The van der Waals surface area contributed by atoms with E-state index in [9.17, 15) is 9.59 Å². The van der Waals surface area contributed by atoms with Gasteiger partial charge in [-0.05, 0) is 30.2 Å². The molecule has 0 spiro atoms. The molecule has 1 aliphatic heterocycles. The summed E-state index contributed by atoms with van der Waals surface area (Å²) in [6, 6.07) is 15.0. The van der Waals surface area contributed by atoms with E-state index < -0.39 is 0 Å². The largest absolute Gasteiger partial charge is 0.497 e. The fourth-order valence-electron chi connectivity index (χ4n) is 3.27. The Balaban J connectivity index is 1.57. The highest BCUT2D eigenvalue weighted by Crippen LogP contribution is 2.23. The first-order valence-corrected chi connectivity index (χ1v) is 8.95. The van der Waals surface area contributed by atoms with Gasteiger partial charge in [0, 0.05) is 31.3 Å². The molecule has 1 atom stereocenters. The van der Waals surface area contributed by atoms with Crippen LogP contribution in [0.1, 0.15) is 12.0 Å². The average Bonchev–Trinajstić information content (AvgIpc) is 3.07. The highest BCUT2D eigenvalue weighted by atomic mass is 16.5. The quantitative estimate of drug-likeness (QED) is 0.816. The van der Waals surface area contributed by atoms with Crippen molar-refractivity contribution in [2.75, 3.05) is 32.6 Å². The van der Waals surface area contributed by atoms with Gasteiger partial charge in [0.05, 0.1) is 20.1 Å². The lowest BCUT2D eigenvalue weighted by atomic mass is 10.1. The number of amides is 2. The van der Waals surface area contributed by atoms with Crippen LogP contribution in [0.3, 0.4) is 0 Å². The van der Waals surface area contributed by atoms with Gasteiger partial charge < -0.3 is 19.7 Å². The Morgan fingerprint density at radius 2 is 1.96 bits per heavy atom. The molecule has 0 aliphatic carbocycles. The Kier molecular flexibility index (Phi) is 5.96. The molecule has 0 aromatic heterocycles. The first kappa shape index (κ1) is 18.8. The smallest absolute Gasteiger partial charge is 0.229 e. The van der Waals surface area contributed by atoms with Gasteiger partial charge in [-0.15, -0.1) is 0 Å². The van der Waals surface area contributed by atoms with Crippen LogP contribution in [0, 0.1) is 5.92 Å². The van der Waals surface area contributed by atoms with E-state index in [0.29, 0.717) is 30.9 Å². The zero-order valence-corrected chi connectivity index (χ0v) is 15.6. The van der Waals surface area contributed by atoms with E-state index in [0.717, 1.165) is 11.3 Å². The lowest BCUT2D eigenvalue weighted by Crippen LogP contribution is -2.30. The number of hydrogen-bond donors (Lipinski definition) is 1. The lowest BCUT2D eigenvalue weighted by molar-refractivity contribution is -0.128. The predicted octanol–water partition coefficient (Wildman–Crippen LogP) is 2.73. The van der Waals surface area contributed by atoms with Crippen molar-refractivity contribution in [2.45, 2.75) is 12.8 Å². The molecule has 6 nitrogen and oxygen atoms in total. The molecule has 3 rings (SSSR count). The predicted molar refractivity (Wildman–Crippen MR) is 103 cm³/mol. The maximum atomic E-state index is 12.5. The average molecular weight is 368 g/mol. The molecule has 0 radical (unpaired) electrons. The number of benzene rings is 2. The molecule has 2 amide bonds. The summed E-state index contributed by atoms with van der Waals surface area (Å²) in [7, 11) is 3.22. The van der Waals surface area contributed by atoms with Crippen molar-refractivity contribution in [1.29, 1.82) is 0 Å². The number of rotatable bonds is 7. The molecular weight excluding hydrogens is 344 g/mol. The van der Waals surface area contributed by atoms with Gasteiger partial charge in [0.15, 0.2) is 0 Å². The lowest BCUT2D eigenvalue weighted by Gasteiger charge is -2.17. The molecule has 2 aromatic carbocycles. The van der Waals surface area contributed by atoms with Gasteiger partial charge in [0.25, 0.3) is 0 Å². The number of para-hydroxylation sites is 1. The van der Waals surface area contributed by atoms with Crippen molar-refractivity contribution in [3.63, 3.8) is 0 Å². The van der Waals surface area contributed by atoms with Crippen LogP contribution in [0.15, 0.2) is 48.5 Å². The van der Waals surface area contributed by atoms with E-state index in [-0.39, 0.29) is 24.2 Å². The number of methoxy groups -OCH3 is 2. The summed E-state index contributed by atoms with van der Waals surface area (Å²) in [5.74, 6) is 1.01. The minimum atomic E-state index is -0.346. The summed E-state index contributed by atoms with van der Waals surface area (Å²) in [6.07, 6.45) is 0.932. The van der Waals surface area contributed by atoms with Crippen molar-refractivity contribution in [2.24, 2.45) is 5.92 Å². The third kappa shape index (κ3) is 4.58. The van der Waals surface area contributed by atoms with E-state index in [4.69, 9.17) is 9.47 Å². The van der Waals surface area contributed by atoms with Crippen LogP contribution in [-0.2, 0) is 16.0 Å². The number of carbonyl (C=O) groups excluding carboxylic acids is 2. The second-order valence-corrected chi connectivity index (χ2v) is 6.52. The molecule has 6 heteroatoms. The molecule has 1 N–H and O–H groups in total. The van der Waals surface area contributed by atoms with Gasteiger partial charge in [0.2, 0.25) is 11.8 Å². The number of nitrogens with zero attached hydrogens (tertiary/aromatic N) is 1. The molecule has 27 heavy (non-hydrogen) atoms. The highest BCUT2D eigenvalue weighted by molar-refractivity contribution is 5.97. The Morgan fingerprint density at radius 3 is 2.74 bits per heavy atom. The minimum absolute atomic E-state index is 0.00990. The third-order valence-electron chi connectivity index (χ3n) is 4.77. The van der Waals surface area contributed by atoms with E-state index in [1.807, 2.05) is 36.4 Å². The van der Waals surface area contributed by atoms with Crippen molar-refractivity contribution < 1.29 is 19.1 Å². The number of nitrogens with one attached hydrogen (secondary N) is 1. The van der Waals surface area contributed by atoms with Crippen LogP contribution in [0.4, 0.5) is 5.69 Å². The summed E-state index contributed by atoms with van der Waals surface area (Å²) in [6.45, 7) is 1.01. The second-order valence-electron chi connectivity index (χ2n) is 6.52. The molecule has 1 saturated heterocycles. The van der Waals surface area contributed by atoms with E-state index in [1.165, 1.54) is 0 Å². The van der Waals surface area contributed by atoms with E-state index in [1.54, 1.807) is 31.3 Å². The van der Waals surface area contributed by atoms with Gasteiger partial charge in [0.1, 0.15) is 11.5 Å². The SMILES string of the molecule is COc1cccc(NC(=O)C2CC(=O)N(CCc3ccccc3OC)C2)c1. The Bertz CT molecular complexity index is 821. The minimum Gasteiger partial charge on any atom is -0.497 e. The summed E-state index contributed by atoms with van der Waals surface area (Å²) in [5, 5.41) is 2.87. The van der Waals surface area contributed by atoms with E-state index >= 15 is 0 Å². The van der Waals surface area contributed by atoms with Crippen LogP contribution < -0.4 is 14.8 Å². The van der Waals surface area contributed by atoms with Crippen LogP contribution in [0.25, 0.3) is 0 Å². The second kappa shape index (κ2) is 8.58. The standard InChI is InChI=1S/C21H24N2O4/c1-26-18-8-5-7-17(13-18)22-21(25)16-12-20(24)23(14-16)11-10-15-6-3-4-9-19(15)27-2/h3-9,13,16H,10-12,14H2,1-2H3,(H,22,25). The highest BCUT2D eigenvalue weighted by Gasteiger charge is 2.34. The Hall–Kier alpha value is -3.02. The van der Waals surface area contributed by atoms with E-state index in [2.05, 4.69) is 5.32 Å². The third-order valence-corrected chi connectivity index (χ3v) is 4.77. The zero-order valence-electron chi connectivity index (χ0n) is 15.6. The molecule has 2 aromatic rings. The van der Waals surface area contributed by atoms with Gasteiger partial charge >= 0.3 is 0 Å². The topological polar surface area (TPSA) is 67.9 Å². The molecule has 0 bridgehead atoms. The summed E-state index contributed by atoms with van der Waals surface area (Å²) in [4.78, 5) is 26.6. The summed E-state index contributed by atoms with van der Waals surface area (Å²) < 4.78 is 10.5. The first-order chi connectivity index (χ1) is 13.1. The van der Waals surface area contributed by atoms with Crippen LogP contribution in [0.5, 0.6) is 11.5 Å². The molecule has 0 saturated carbocycles. The molecule has 1 heterocycles. The molecule has 1 aliphatic rings. The van der Waals surface area contributed by atoms with Crippen molar-refractivity contribution >= 4 is 17.5 Å². The fourth-order valence-corrected chi connectivity index (χ4v) is 3.27. The van der Waals surface area contributed by atoms with Crippen molar-refractivity contribution in [3.8, 4) is 11.5 Å². The molecular formula is C21H24N2O4. The zero-order chi connectivity index (χ0) is 19.2. The van der Waals surface area contributed by atoms with Crippen LogP contribution in [0.2, 0.25) is 0 Å². The normalized spacial score (nSPS) is 16.3. The van der Waals surface area contributed by atoms with Crippen LogP contribution in [-0.4, -0.2) is 44.0 Å². The van der Waals surface area contributed by atoms with Crippen LogP contribution >= 0.6 is 0 Å². The number of ether oxygens (including phenoxy) is 2. The maximum absolute atomic E-state index is 12.5. The summed E-state index contributed by atoms with van der Waals surface area (Å²) >= 11 is 0. The number of carbonyl (C=O) groups is 2.